The van der Waals surface area contributed by atoms with Crippen molar-refractivity contribution in [3.63, 3.8) is 0 Å². The molecule has 0 unspecified atom stereocenters. The van der Waals surface area contributed by atoms with E-state index in [1.807, 2.05) is 42.6 Å². The molecular formula is C51H34N4. The van der Waals surface area contributed by atoms with E-state index >= 15 is 0 Å². The van der Waals surface area contributed by atoms with Crippen LogP contribution in [0.4, 0.5) is 0 Å². The quantitative estimate of drug-likeness (QED) is 0.166. The summed E-state index contributed by atoms with van der Waals surface area (Å²) in [4.78, 5) is 10.1. The summed E-state index contributed by atoms with van der Waals surface area (Å²) >= 11 is 0. The van der Waals surface area contributed by atoms with Gasteiger partial charge in [0.15, 0.2) is 5.82 Å². The van der Waals surface area contributed by atoms with Gasteiger partial charge in [-0.15, -0.1) is 0 Å². The summed E-state index contributed by atoms with van der Waals surface area (Å²) in [5, 5.41) is 7.42. The molecular weight excluding hydrogens is 669 g/mol. The van der Waals surface area contributed by atoms with Crippen LogP contribution >= 0.6 is 0 Å². The average molecular weight is 703 g/mol. The van der Waals surface area contributed by atoms with E-state index in [9.17, 15) is 0 Å². The molecule has 0 saturated carbocycles. The molecule has 3 heterocycles. The highest BCUT2D eigenvalue weighted by Crippen LogP contribution is 2.43. The molecule has 0 aliphatic rings. The van der Waals surface area contributed by atoms with E-state index in [4.69, 9.17) is 15.1 Å². The van der Waals surface area contributed by atoms with Crippen LogP contribution < -0.4 is 0 Å². The molecule has 4 nitrogen and oxygen atoms in total. The normalized spacial score (nSPS) is 11.3. The van der Waals surface area contributed by atoms with Gasteiger partial charge in [-0.05, 0) is 39.8 Å². The molecule has 0 fully saturated rings. The second-order valence-electron chi connectivity index (χ2n) is 13.7. The summed E-state index contributed by atoms with van der Waals surface area (Å²) in [6.07, 6.45) is 2.01. The molecule has 0 N–H and O–H groups in total. The van der Waals surface area contributed by atoms with Crippen molar-refractivity contribution in [2.24, 2.45) is 0 Å². The standard InChI is InChI=1S/C51H34N4/c1-5-16-36(17-6-1)45-34-52-55-49(39-20-9-3-10-21-39)48(43-26-13-14-27-44(43)50(45)55)38-30-28-35(29-31-38)41-24-15-25-42(32-41)47-33-46(37-18-7-2-8-19-37)53-51(54-47)40-22-11-4-12-23-40/h1-34H. The molecule has 0 spiro atoms. The third kappa shape index (κ3) is 5.96. The van der Waals surface area contributed by atoms with Crippen LogP contribution in [-0.4, -0.2) is 19.6 Å². The molecule has 0 aliphatic carbocycles. The molecule has 4 heteroatoms. The molecule has 0 amide bonds. The molecule has 55 heavy (non-hydrogen) atoms. The van der Waals surface area contributed by atoms with Crippen LogP contribution in [0.25, 0.3) is 94.8 Å². The van der Waals surface area contributed by atoms with Crippen LogP contribution in [0.3, 0.4) is 0 Å². The van der Waals surface area contributed by atoms with E-state index in [1.165, 1.54) is 10.8 Å². The van der Waals surface area contributed by atoms with Crippen molar-refractivity contribution in [3.8, 4) is 78.5 Å². The van der Waals surface area contributed by atoms with Crippen LogP contribution in [0.2, 0.25) is 0 Å². The van der Waals surface area contributed by atoms with Gasteiger partial charge in [0, 0.05) is 38.8 Å². The fraction of sp³-hybridized carbons (Fsp3) is 0. The van der Waals surface area contributed by atoms with Gasteiger partial charge in [0.1, 0.15) is 0 Å². The van der Waals surface area contributed by atoms with Gasteiger partial charge in [0.2, 0.25) is 0 Å². The van der Waals surface area contributed by atoms with E-state index in [-0.39, 0.29) is 0 Å². The molecule has 0 atom stereocenters. The van der Waals surface area contributed by atoms with Gasteiger partial charge in [-0.1, -0.05) is 188 Å². The fourth-order valence-electron chi connectivity index (χ4n) is 7.66. The van der Waals surface area contributed by atoms with Gasteiger partial charge in [-0.2, -0.15) is 5.10 Å². The Morgan fingerprint density at radius 1 is 0.345 bits per heavy atom. The highest BCUT2D eigenvalue weighted by molar-refractivity contribution is 6.13. The van der Waals surface area contributed by atoms with Crippen LogP contribution in [0.15, 0.2) is 206 Å². The minimum absolute atomic E-state index is 0.707. The van der Waals surface area contributed by atoms with Gasteiger partial charge in [-0.3, -0.25) is 0 Å². The summed E-state index contributed by atoms with van der Waals surface area (Å²) in [6, 6.07) is 70.0. The minimum Gasteiger partial charge on any atom is -0.231 e. The van der Waals surface area contributed by atoms with Crippen molar-refractivity contribution in [2.75, 3.05) is 0 Å². The molecule has 10 rings (SSSR count). The van der Waals surface area contributed by atoms with Crippen molar-refractivity contribution < 1.29 is 0 Å². The van der Waals surface area contributed by atoms with Gasteiger partial charge in [0.05, 0.1) is 28.8 Å². The fourth-order valence-corrected chi connectivity index (χ4v) is 7.66. The number of pyridine rings is 1. The molecule has 10 aromatic rings. The summed E-state index contributed by atoms with van der Waals surface area (Å²) in [5.41, 5.74) is 14.9. The van der Waals surface area contributed by atoms with Gasteiger partial charge in [0.25, 0.3) is 0 Å². The highest BCUT2D eigenvalue weighted by atomic mass is 15.2. The summed E-state index contributed by atoms with van der Waals surface area (Å²) in [7, 11) is 0. The molecule has 7 aromatic carbocycles. The van der Waals surface area contributed by atoms with E-state index < -0.39 is 0 Å². The number of rotatable bonds is 7. The monoisotopic (exact) mass is 702 g/mol. The predicted molar refractivity (Wildman–Crippen MR) is 226 cm³/mol. The first-order valence-corrected chi connectivity index (χ1v) is 18.5. The van der Waals surface area contributed by atoms with E-state index in [2.05, 4.69) is 168 Å². The Bertz CT molecular complexity index is 2880. The first-order chi connectivity index (χ1) is 27.3. The van der Waals surface area contributed by atoms with Crippen LogP contribution in [0, 0.1) is 0 Å². The number of fused-ring (bicyclic) bond motifs is 3. The molecule has 0 radical (unpaired) electrons. The second-order valence-corrected chi connectivity index (χ2v) is 13.7. The second kappa shape index (κ2) is 13.8. The predicted octanol–water partition coefficient (Wildman–Crippen LogP) is 12.9. The summed E-state index contributed by atoms with van der Waals surface area (Å²) in [6.45, 7) is 0. The number of benzene rings is 7. The number of hydrogen-bond acceptors (Lipinski definition) is 3. The lowest BCUT2D eigenvalue weighted by Gasteiger charge is -2.18. The third-order valence-corrected chi connectivity index (χ3v) is 10.3. The maximum Gasteiger partial charge on any atom is 0.160 e. The zero-order valence-corrected chi connectivity index (χ0v) is 29.9. The Morgan fingerprint density at radius 2 is 0.855 bits per heavy atom. The first kappa shape index (κ1) is 32.2. The van der Waals surface area contributed by atoms with Gasteiger partial charge < -0.3 is 0 Å². The lowest BCUT2D eigenvalue weighted by atomic mass is 9.91. The summed E-state index contributed by atoms with van der Waals surface area (Å²) < 4.78 is 2.14. The van der Waals surface area contributed by atoms with Crippen molar-refractivity contribution in [2.45, 2.75) is 0 Å². The van der Waals surface area contributed by atoms with Crippen LogP contribution in [0.5, 0.6) is 0 Å². The van der Waals surface area contributed by atoms with Crippen molar-refractivity contribution in [3.05, 3.63) is 206 Å². The Labute approximate surface area is 319 Å². The molecule has 3 aromatic heterocycles. The van der Waals surface area contributed by atoms with E-state index in [0.717, 1.165) is 78.2 Å². The Balaban J connectivity index is 1.10. The Kier molecular flexibility index (Phi) is 8.12. The Morgan fingerprint density at radius 3 is 1.53 bits per heavy atom. The molecule has 258 valence electrons. The Hall–Kier alpha value is -7.43. The van der Waals surface area contributed by atoms with E-state index in [0.29, 0.717) is 5.82 Å². The average Bonchev–Trinajstić information content (AvgIpc) is 3.72. The third-order valence-electron chi connectivity index (χ3n) is 10.3. The smallest absolute Gasteiger partial charge is 0.160 e. The highest BCUT2D eigenvalue weighted by Gasteiger charge is 2.21. The van der Waals surface area contributed by atoms with Crippen LogP contribution in [0.1, 0.15) is 0 Å². The maximum atomic E-state index is 5.08. The summed E-state index contributed by atoms with van der Waals surface area (Å²) in [5.74, 6) is 0.707. The lowest BCUT2D eigenvalue weighted by molar-refractivity contribution is 0.976. The maximum absolute atomic E-state index is 5.08. The minimum atomic E-state index is 0.707. The van der Waals surface area contributed by atoms with Gasteiger partial charge in [-0.25, -0.2) is 14.5 Å². The van der Waals surface area contributed by atoms with Crippen LogP contribution in [-0.2, 0) is 0 Å². The SMILES string of the molecule is c1ccc(-c2cc(-c3cccc(-c4ccc(-c5c(-c6ccccc6)n6ncc(-c7ccccc7)c6c6ccccc56)cc4)c3)nc(-c3ccccc3)n2)cc1. The topological polar surface area (TPSA) is 43.1 Å². The molecule has 0 aliphatic heterocycles. The zero-order chi connectivity index (χ0) is 36.6. The van der Waals surface area contributed by atoms with Crippen molar-refractivity contribution >= 4 is 16.3 Å². The first-order valence-electron chi connectivity index (χ1n) is 18.5. The number of nitrogens with zero attached hydrogens (tertiary/aromatic N) is 4. The van der Waals surface area contributed by atoms with E-state index in [1.54, 1.807) is 0 Å². The van der Waals surface area contributed by atoms with Crippen molar-refractivity contribution in [1.29, 1.82) is 0 Å². The number of aromatic nitrogens is 4. The molecule has 0 saturated heterocycles. The number of hydrogen-bond donors (Lipinski definition) is 0. The zero-order valence-electron chi connectivity index (χ0n) is 29.9. The lowest BCUT2D eigenvalue weighted by Crippen LogP contribution is -2.00. The largest absolute Gasteiger partial charge is 0.231 e. The molecule has 0 bridgehead atoms. The van der Waals surface area contributed by atoms with Gasteiger partial charge >= 0.3 is 0 Å². The van der Waals surface area contributed by atoms with Crippen molar-refractivity contribution in [1.82, 2.24) is 19.6 Å².